The van der Waals surface area contributed by atoms with Crippen molar-refractivity contribution in [3.63, 3.8) is 0 Å². The molecule has 0 heterocycles. The van der Waals surface area contributed by atoms with Crippen molar-refractivity contribution in [3.8, 4) is 5.75 Å². The van der Waals surface area contributed by atoms with Crippen molar-refractivity contribution in [2.24, 2.45) is 5.92 Å². The number of rotatable bonds is 6. The van der Waals surface area contributed by atoms with Gasteiger partial charge in [0.25, 0.3) is 5.91 Å². The highest BCUT2D eigenvalue weighted by molar-refractivity contribution is 5.77. The molecule has 1 unspecified atom stereocenters. The van der Waals surface area contributed by atoms with Crippen LogP contribution in [0.4, 0.5) is 0 Å². The summed E-state index contributed by atoms with van der Waals surface area (Å²) in [4.78, 5) is 11.6. The second kappa shape index (κ2) is 5.61. The first-order valence-electron chi connectivity index (χ1n) is 6.66. The minimum absolute atomic E-state index is 0.0236. The predicted octanol–water partition coefficient (Wildman–Crippen LogP) is 1.65. The van der Waals surface area contributed by atoms with Gasteiger partial charge in [-0.2, -0.15) is 0 Å². The minimum Gasteiger partial charge on any atom is -0.484 e. The molecule has 1 saturated carbocycles. The van der Waals surface area contributed by atoms with E-state index in [2.05, 4.69) is 5.32 Å². The highest BCUT2D eigenvalue weighted by Gasteiger charge is 2.39. The van der Waals surface area contributed by atoms with E-state index >= 15 is 0 Å². The molecule has 1 aromatic carbocycles. The zero-order valence-corrected chi connectivity index (χ0v) is 11.5. The highest BCUT2D eigenvalue weighted by atomic mass is 16.5. The Morgan fingerprint density at radius 2 is 2.26 bits per heavy atom. The van der Waals surface area contributed by atoms with Gasteiger partial charge in [-0.25, -0.2) is 0 Å². The molecule has 1 aliphatic carbocycles. The third-order valence-electron chi connectivity index (χ3n) is 3.46. The zero-order chi connectivity index (χ0) is 13.9. The molecule has 1 atom stereocenters. The van der Waals surface area contributed by atoms with E-state index in [1.165, 1.54) is 0 Å². The first-order chi connectivity index (χ1) is 8.97. The Balaban J connectivity index is 1.72. The molecule has 1 aromatic rings. The average Bonchev–Trinajstić information content (AvgIpc) is 3.18. The fraction of sp³-hybridized carbons (Fsp3) is 0.533. The van der Waals surface area contributed by atoms with Gasteiger partial charge in [0, 0.05) is 6.54 Å². The number of ether oxygens (including phenoxy) is 1. The molecular weight excluding hydrogens is 242 g/mol. The summed E-state index contributed by atoms with van der Waals surface area (Å²) in [6.07, 6.45) is 2.09. The maximum Gasteiger partial charge on any atom is 0.258 e. The SMILES string of the molecule is Cc1cccc(OCC(=O)NCC(C)(O)C2CC2)c1. The first-order valence-corrected chi connectivity index (χ1v) is 6.66. The summed E-state index contributed by atoms with van der Waals surface area (Å²) in [5.74, 6) is 0.803. The van der Waals surface area contributed by atoms with Crippen LogP contribution >= 0.6 is 0 Å². The zero-order valence-electron chi connectivity index (χ0n) is 11.5. The van der Waals surface area contributed by atoms with Gasteiger partial charge in [0.2, 0.25) is 0 Å². The van der Waals surface area contributed by atoms with Crippen LogP contribution in [0.3, 0.4) is 0 Å². The fourth-order valence-corrected chi connectivity index (χ4v) is 2.03. The minimum atomic E-state index is -0.793. The summed E-state index contributed by atoms with van der Waals surface area (Å²) in [6, 6.07) is 7.56. The van der Waals surface area contributed by atoms with Gasteiger partial charge >= 0.3 is 0 Å². The average molecular weight is 263 g/mol. The number of aryl methyl sites for hydroxylation is 1. The third kappa shape index (κ3) is 4.24. The van der Waals surface area contributed by atoms with Gasteiger partial charge < -0.3 is 15.2 Å². The second-order valence-electron chi connectivity index (χ2n) is 5.51. The molecule has 1 aliphatic rings. The molecule has 0 saturated heterocycles. The molecule has 2 rings (SSSR count). The first kappa shape index (κ1) is 13.9. The molecule has 19 heavy (non-hydrogen) atoms. The van der Waals surface area contributed by atoms with Crippen molar-refractivity contribution in [2.75, 3.05) is 13.2 Å². The van der Waals surface area contributed by atoms with Gasteiger partial charge in [-0.3, -0.25) is 4.79 Å². The van der Waals surface area contributed by atoms with Crippen LogP contribution in [0.1, 0.15) is 25.3 Å². The Labute approximate surface area is 113 Å². The largest absolute Gasteiger partial charge is 0.484 e. The molecule has 0 aromatic heterocycles. The Morgan fingerprint density at radius 3 is 2.89 bits per heavy atom. The van der Waals surface area contributed by atoms with Crippen molar-refractivity contribution in [1.82, 2.24) is 5.32 Å². The molecule has 1 amide bonds. The van der Waals surface area contributed by atoms with Crippen LogP contribution in [-0.4, -0.2) is 29.8 Å². The maximum absolute atomic E-state index is 11.6. The summed E-state index contributed by atoms with van der Waals surface area (Å²) >= 11 is 0. The lowest BCUT2D eigenvalue weighted by molar-refractivity contribution is -0.124. The number of carbonyl (C=O) groups is 1. The fourth-order valence-electron chi connectivity index (χ4n) is 2.03. The van der Waals surface area contributed by atoms with Crippen molar-refractivity contribution in [2.45, 2.75) is 32.3 Å². The smallest absolute Gasteiger partial charge is 0.258 e. The van der Waals surface area contributed by atoms with Crippen LogP contribution in [0, 0.1) is 12.8 Å². The maximum atomic E-state index is 11.6. The topological polar surface area (TPSA) is 58.6 Å². The lowest BCUT2D eigenvalue weighted by Crippen LogP contribution is -2.43. The number of hydrogen-bond donors (Lipinski definition) is 2. The molecule has 0 aliphatic heterocycles. The summed E-state index contributed by atoms with van der Waals surface area (Å²) in [7, 11) is 0. The summed E-state index contributed by atoms with van der Waals surface area (Å²) in [5.41, 5.74) is 0.300. The number of carbonyl (C=O) groups excluding carboxylic acids is 1. The summed E-state index contributed by atoms with van der Waals surface area (Å²) in [6.45, 7) is 4.00. The molecular formula is C15H21NO3. The van der Waals surface area contributed by atoms with Crippen LogP contribution in [0.5, 0.6) is 5.75 Å². The van der Waals surface area contributed by atoms with Crippen LogP contribution < -0.4 is 10.1 Å². The lowest BCUT2D eigenvalue weighted by atomic mass is 10.0. The van der Waals surface area contributed by atoms with E-state index in [1.54, 1.807) is 6.92 Å². The van der Waals surface area contributed by atoms with Crippen LogP contribution in [0.2, 0.25) is 0 Å². The molecule has 1 fully saturated rings. The lowest BCUT2D eigenvalue weighted by Gasteiger charge is -2.23. The van der Waals surface area contributed by atoms with E-state index in [0.29, 0.717) is 11.7 Å². The quantitative estimate of drug-likeness (QED) is 0.820. The van der Waals surface area contributed by atoms with Crippen molar-refractivity contribution in [3.05, 3.63) is 29.8 Å². The molecule has 4 nitrogen and oxygen atoms in total. The van der Waals surface area contributed by atoms with Crippen LogP contribution in [-0.2, 0) is 4.79 Å². The standard InChI is InChI=1S/C15H21NO3/c1-11-4-3-5-13(8-11)19-9-14(17)16-10-15(2,18)12-6-7-12/h3-5,8,12,18H,6-7,9-10H2,1-2H3,(H,16,17). The van der Waals surface area contributed by atoms with Crippen LogP contribution in [0.15, 0.2) is 24.3 Å². The molecule has 4 heteroatoms. The van der Waals surface area contributed by atoms with Gasteiger partial charge in [-0.05, 0) is 50.3 Å². The van der Waals surface area contributed by atoms with E-state index in [0.717, 1.165) is 18.4 Å². The van der Waals surface area contributed by atoms with Gasteiger partial charge in [0.15, 0.2) is 6.61 Å². The van der Waals surface area contributed by atoms with E-state index < -0.39 is 5.60 Å². The van der Waals surface area contributed by atoms with Crippen molar-refractivity contribution < 1.29 is 14.6 Å². The number of benzene rings is 1. The Hall–Kier alpha value is -1.55. The Kier molecular flexibility index (Phi) is 4.10. The van der Waals surface area contributed by atoms with E-state index in [9.17, 15) is 9.90 Å². The van der Waals surface area contributed by atoms with Gasteiger partial charge in [0.1, 0.15) is 5.75 Å². The van der Waals surface area contributed by atoms with Crippen molar-refractivity contribution in [1.29, 1.82) is 0 Å². The van der Waals surface area contributed by atoms with Crippen molar-refractivity contribution >= 4 is 5.91 Å². The predicted molar refractivity (Wildman–Crippen MR) is 73.0 cm³/mol. The highest BCUT2D eigenvalue weighted by Crippen LogP contribution is 2.38. The number of aliphatic hydroxyl groups is 1. The number of hydrogen-bond acceptors (Lipinski definition) is 3. The van der Waals surface area contributed by atoms with Gasteiger partial charge in [0.05, 0.1) is 5.60 Å². The summed E-state index contributed by atoms with van der Waals surface area (Å²) in [5, 5.41) is 12.8. The van der Waals surface area contributed by atoms with E-state index in [1.807, 2.05) is 31.2 Å². The number of nitrogens with one attached hydrogen (secondary N) is 1. The third-order valence-corrected chi connectivity index (χ3v) is 3.46. The molecule has 2 N–H and O–H groups in total. The van der Waals surface area contributed by atoms with E-state index in [-0.39, 0.29) is 19.1 Å². The molecule has 0 radical (unpaired) electrons. The monoisotopic (exact) mass is 263 g/mol. The molecule has 0 bridgehead atoms. The van der Waals surface area contributed by atoms with Gasteiger partial charge in [-0.1, -0.05) is 12.1 Å². The van der Waals surface area contributed by atoms with Crippen LogP contribution in [0.25, 0.3) is 0 Å². The normalized spacial score (nSPS) is 17.6. The second-order valence-corrected chi connectivity index (χ2v) is 5.51. The Bertz CT molecular complexity index is 452. The number of amides is 1. The molecule has 104 valence electrons. The molecule has 0 spiro atoms. The van der Waals surface area contributed by atoms with Gasteiger partial charge in [-0.15, -0.1) is 0 Å². The summed E-state index contributed by atoms with van der Waals surface area (Å²) < 4.78 is 5.40. The Morgan fingerprint density at radius 1 is 1.53 bits per heavy atom. The van der Waals surface area contributed by atoms with E-state index in [4.69, 9.17) is 4.74 Å².